The van der Waals surface area contributed by atoms with Crippen molar-refractivity contribution in [1.82, 2.24) is 15.5 Å². The lowest BCUT2D eigenvalue weighted by Gasteiger charge is -2.29. The predicted octanol–water partition coefficient (Wildman–Crippen LogP) is 3.32. The molecule has 29 heavy (non-hydrogen) atoms. The molecule has 0 saturated heterocycles. The molecular formula is C21H38IN5O2. The Labute approximate surface area is 193 Å². The number of nitrogens with one attached hydrogen (secondary N) is 3. The van der Waals surface area contributed by atoms with Gasteiger partial charge in [0.2, 0.25) is 5.91 Å². The molecular weight excluding hydrogens is 481 g/mol. The molecule has 0 aromatic heterocycles. The van der Waals surface area contributed by atoms with E-state index in [0.717, 1.165) is 37.0 Å². The third-order valence-corrected chi connectivity index (χ3v) is 4.12. The van der Waals surface area contributed by atoms with Gasteiger partial charge in [0.15, 0.2) is 5.96 Å². The number of carbonyl (C=O) groups excluding carboxylic acids is 1. The molecule has 0 bridgehead atoms. The molecule has 7 nitrogen and oxygen atoms in total. The Hall–Kier alpha value is -1.55. The third kappa shape index (κ3) is 11.9. The normalized spacial score (nSPS) is 11.4. The van der Waals surface area contributed by atoms with Crippen molar-refractivity contribution in [3.8, 4) is 5.75 Å². The molecule has 1 amide bonds. The summed E-state index contributed by atoms with van der Waals surface area (Å²) < 4.78 is 5.76. The number of anilines is 1. The van der Waals surface area contributed by atoms with Gasteiger partial charge in [-0.2, -0.15) is 0 Å². The number of rotatable bonds is 11. The second-order valence-electron chi connectivity index (χ2n) is 7.17. The molecule has 0 atom stereocenters. The van der Waals surface area contributed by atoms with E-state index in [-0.39, 0.29) is 29.9 Å². The van der Waals surface area contributed by atoms with Crippen molar-refractivity contribution in [2.45, 2.75) is 53.6 Å². The van der Waals surface area contributed by atoms with Gasteiger partial charge in [-0.1, -0.05) is 6.07 Å². The van der Waals surface area contributed by atoms with Crippen LogP contribution in [0.25, 0.3) is 0 Å². The van der Waals surface area contributed by atoms with Crippen LogP contribution in [0.4, 0.5) is 5.69 Å². The Kier molecular flexibility index (Phi) is 14.5. The van der Waals surface area contributed by atoms with Gasteiger partial charge in [0, 0.05) is 43.9 Å². The Bertz CT molecular complexity index is 615. The monoisotopic (exact) mass is 519 g/mol. The summed E-state index contributed by atoms with van der Waals surface area (Å²) in [6.07, 6.45) is 0. The summed E-state index contributed by atoms with van der Waals surface area (Å²) in [5.41, 5.74) is 0.729. The summed E-state index contributed by atoms with van der Waals surface area (Å²) >= 11 is 0. The first-order valence-corrected chi connectivity index (χ1v) is 10.1. The highest BCUT2D eigenvalue weighted by atomic mass is 127. The molecule has 166 valence electrons. The molecule has 0 fully saturated rings. The molecule has 0 heterocycles. The van der Waals surface area contributed by atoms with Crippen LogP contribution in [0, 0.1) is 0 Å². The fourth-order valence-corrected chi connectivity index (χ4v) is 2.94. The number of nitrogens with zero attached hydrogens (tertiary/aromatic N) is 2. The maximum Gasteiger partial charge on any atom is 0.221 e. The maximum absolute atomic E-state index is 11.1. The first kappa shape index (κ1) is 27.5. The molecule has 3 N–H and O–H groups in total. The van der Waals surface area contributed by atoms with E-state index in [2.05, 4.69) is 60.5 Å². The summed E-state index contributed by atoms with van der Waals surface area (Å²) in [6.45, 7) is 16.0. The van der Waals surface area contributed by atoms with Gasteiger partial charge in [0.25, 0.3) is 0 Å². The van der Waals surface area contributed by atoms with Gasteiger partial charge in [0.05, 0.1) is 13.1 Å². The summed E-state index contributed by atoms with van der Waals surface area (Å²) in [5.74, 6) is 1.42. The lowest BCUT2D eigenvalue weighted by molar-refractivity contribution is -0.114. The van der Waals surface area contributed by atoms with E-state index < -0.39 is 0 Å². The third-order valence-electron chi connectivity index (χ3n) is 4.12. The Morgan fingerprint density at radius 2 is 1.86 bits per heavy atom. The summed E-state index contributed by atoms with van der Waals surface area (Å²) in [4.78, 5) is 18.2. The topological polar surface area (TPSA) is 78.0 Å². The lowest BCUT2D eigenvalue weighted by atomic mass is 10.2. The largest absolute Gasteiger partial charge is 0.492 e. The fraction of sp³-hybridized carbons (Fsp3) is 0.619. The average molecular weight is 519 g/mol. The molecule has 0 aliphatic heterocycles. The van der Waals surface area contributed by atoms with Crippen molar-refractivity contribution >= 4 is 41.5 Å². The standard InChI is InChI=1S/C21H37N5O2.HI/c1-7-22-21(23-11-13-26(16(2)3)17(4)5)24-12-14-28-20-10-8-9-19(15-20)25-18(6)27;/h8-10,15-17H,7,11-14H2,1-6H3,(H,25,27)(H2,22,23,24);1H. The first-order chi connectivity index (χ1) is 13.3. The number of hydrogen-bond donors (Lipinski definition) is 3. The highest BCUT2D eigenvalue weighted by Crippen LogP contribution is 2.17. The van der Waals surface area contributed by atoms with Crippen LogP contribution in [0.3, 0.4) is 0 Å². The molecule has 1 rings (SSSR count). The van der Waals surface area contributed by atoms with Crippen molar-refractivity contribution < 1.29 is 9.53 Å². The van der Waals surface area contributed by atoms with Crippen molar-refractivity contribution in [3.63, 3.8) is 0 Å². The molecule has 0 saturated carbocycles. The van der Waals surface area contributed by atoms with Gasteiger partial charge in [-0.3, -0.25) is 14.7 Å². The van der Waals surface area contributed by atoms with Gasteiger partial charge in [0.1, 0.15) is 12.4 Å². The number of halogens is 1. The van der Waals surface area contributed by atoms with E-state index >= 15 is 0 Å². The highest BCUT2D eigenvalue weighted by Gasteiger charge is 2.12. The minimum Gasteiger partial charge on any atom is -0.492 e. The Morgan fingerprint density at radius 1 is 1.17 bits per heavy atom. The molecule has 0 unspecified atom stereocenters. The number of hydrogen-bond acceptors (Lipinski definition) is 4. The van der Waals surface area contributed by atoms with Crippen molar-refractivity contribution in [3.05, 3.63) is 24.3 Å². The maximum atomic E-state index is 11.1. The minimum atomic E-state index is -0.0983. The number of carbonyl (C=O) groups is 1. The van der Waals surface area contributed by atoms with E-state index in [9.17, 15) is 4.79 Å². The molecule has 0 spiro atoms. The van der Waals surface area contributed by atoms with E-state index in [1.807, 2.05) is 24.3 Å². The zero-order valence-corrected chi connectivity index (χ0v) is 20.9. The van der Waals surface area contributed by atoms with Crippen LogP contribution in [0.1, 0.15) is 41.5 Å². The molecule has 0 radical (unpaired) electrons. The second-order valence-corrected chi connectivity index (χ2v) is 7.17. The van der Waals surface area contributed by atoms with Crippen LogP contribution in [-0.2, 0) is 4.79 Å². The predicted molar refractivity (Wildman–Crippen MR) is 133 cm³/mol. The summed E-state index contributed by atoms with van der Waals surface area (Å²) in [5, 5.41) is 9.31. The highest BCUT2D eigenvalue weighted by molar-refractivity contribution is 14.0. The zero-order chi connectivity index (χ0) is 20.9. The Balaban J connectivity index is 0.00000784. The van der Waals surface area contributed by atoms with Crippen LogP contribution >= 0.6 is 24.0 Å². The molecule has 0 aliphatic carbocycles. The minimum absolute atomic E-state index is 0. The van der Waals surface area contributed by atoms with Gasteiger partial charge < -0.3 is 20.7 Å². The molecule has 8 heteroatoms. The second kappa shape index (κ2) is 15.3. The number of aliphatic imine (C=N–C) groups is 1. The number of benzene rings is 1. The summed E-state index contributed by atoms with van der Waals surface area (Å²) in [7, 11) is 0. The van der Waals surface area contributed by atoms with E-state index in [0.29, 0.717) is 25.2 Å². The van der Waals surface area contributed by atoms with Crippen LogP contribution in [0.15, 0.2) is 29.3 Å². The van der Waals surface area contributed by atoms with Crippen LogP contribution in [-0.4, -0.2) is 61.6 Å². The van der Waals surface area contributed by atoms with E-state index in [1.54, 1.807) is 0 Å². The lowest BCUT2D eigenvalue weighted by Crippen LogP contribution is -2.41. The van der Waals surface area contributed by atoms with Crippen molar-refractivity contribution in [1.29, 1.82) is 0 Å². The number of amides is 1. The molecule has 1 aromatic rings. The smallest absolute Gasteiger partial charge is 0.221 e. The van der Waals surface area contributed by atoms with Crippen molar-refractivity contribution in [2.75, 3.05) is 38.1 Å². The van der Waals surface area contributed by atoms with Gasteiger partial charge in [-0.15, -0.1) is 24.0 Å². The van der Waals surface area contributed by atoms with Crippen molar-refractivity contribution in [2.24, 2.45) is 4.99 Å². The zero-order valence-electron chi connectivity index (χ0n) is 18.6. The average Bonchev–Trinajstić information content (AvgIpc) is 2.61. The summed E-state index contributed by atoms with van der Waals surface area (Å²) in [6, 6.07) is 8.39. The number of ether oxygens (including phenoxy) is 1. The van der Waals surface area contributed by atoms with Crippen LogP contribution in [0.2, 0.25) is 0 Å². The van der Waals surface area contributed by atoms with Gasteiger partial charge in [-0.05, 0) is 46.8 Å². The molecule has 0 aliphatic rings. The van der Waals surface area contributed by atoms with E-state index in [4.69, 9.17) is 4.74 Å². The quantitative estimate of drug-likeness (QED) is 0.181. The van der Waals surface area contributed by atoms with Crippen LogP contribution < -0.4 is 20.7 Å². The van der Waals surface area contributed by atoms with Crippen LogP contribution in [0.5, 0.6) is 5.75 Å². The van der Waals surface area contributed by atoms with E-state index in [1.165, 1.54) is 6.92 Å². The van der Waals surface area contributed by atoms with Gasteiger partial charge >= 0.3 is 0 Å². The first-order valence-electron chi connectivity index (χ1n) is 10.1. The van der Waals surface area contributed by atoms with Gasteiger partial charge in [-0.25, -0.2) is 0 Å². The fourth-order valence-electron chi connectivity index (χ4n) is 2.94. The molecule has 1 aromatic carbocycles. The Morgan fingerprint density at radius 3 is 2.45 bits per heavy atom. The number of guanidine groups is 1. The SMILES string of the molecule is CCNC(=NCCN(C(C)C)C(C)C)NCCOc1cccc(NC(C)=O)c1.I.